The van der Waals surface area contributed by atoms with Crippen LogP contribution >= 0.6 is 15.9 Å². The maximum Gasteiger partial charge on any atom is 0.244 e. The Bertz CT molecular complexity index is 741. The number of pyridine rings is 1. The first kappa shape index (κ1) is 14.9. The summed E-state index contributed by atoms with van der Waals surface area (Å²) in [4.78, 5) is 3.77. The van der Waals surface area contributed by atoms with Crippen molar-refractivity contribution in [1.29, 1.82) is 0 Å². The number of nitrogens with one attached hydrogen (secondary N) is 1. The van der Waals surface area contributed by atoms with Crippen LogP contribution in [0.5, 0.6) is 0 Å². The topological polar surface area (TPSA) is 103 Å². The molecule has 0 bridgehead atoms. The zero-order chi connectivity index (χ0) is 14.9. The number of nitrogen functional groups attached to an aromatic ring is 1. The summed E-state index contributed by atoms with van der Waals surface area (Å²) in [6.07, 6.45) is 3.07. The third-order valence-corrected chi connectivity index (χ3v) is 4.79. The van der Waals surface area contributed by atoms with Gasteiger partial charge < -0.3 is 5.73 Å². The van der Waals surface area contributed by atoms with E-state index in [9.17, 15) is 8.42 Å². The van der Waals surface area contributed by atoms with Gasteiger partial charge in [0.2, 0.25) is 10.0 Å². The van der Waals surface area contributed by atoms with Crippen LogP contribution in [0.2, 0.25) is 0 Å². The van der Waals surface area contributed by atoms with Gasteiger partial charge in [0.15, 0.2) is 0 Å². The molecule has 0 aliphatic rings. The number of hydrogen-bond acceptors (Lipinski definition) is 5. The van der Waals surface area contributed by atoms with E-state index >= 15 is 0 Å². The number of aromatic nitrogens is 3. The summed E-state index contributed by atoms with van der Waals surface area (Å²) in [7, 11) is -1.93. The molecule has 0 radical (unpaired) electrons. The van der Waals surface area contributed by atoms with E-state index in [1.807, 2.05) is 6.92 Å². The maximum atomic E-state index is 12.2. The monoisotopic (exact) mass is 359 g/mol. The number of hydrogen-bond donors (Lipinski definition) is 2. The van der Waals surface area contributed by atoms with E-state index in [1.165, 1.54) is 12.3 Å². The summed E-state index contributed by atoms with van der Waals surface area (Å²) in [6.45, 7) is 2.01. The molecule has 9 heteroatoms. The van der Waals surface area contributed by atoms with Crippen LogP contribution in [0.15, 0.2) is 27.8 Å². The highest BCUT2D eigenvalue weighted by atomic mass is 79.9. The number of sulfonamides is 1. The Morgan fingerprint density at radius 2 is 2.15 bits per heavy atom. The van der Waals surface area contributed by atoms with Crippen molar-refractivity contribution in [2.45, 2.75) is 18.4 Å². The van der Waals surface area contributed by atoms with Gasteiger partial charge >= 0.3 is 0 Å². The molecule has 0 saturated carbocycles. The van der Waals surface area contributed by atoms with Gasteiger partial charge in [-0.15, -0.1) is 0 Å². The summed E-state index contributed by atoms with van der Waals surface area (Å²) in [5.41, 5.74) is 7.31. The molecule has 0 aliphatic carbocycles. The van der Waals surface area contributed by atoms with Crippen LogP contribution in [0.3, 0.4) is 0 Å². The molecule has 2 aromatic rings. The van der Waals surface area contributed by atoms with Crippen LogP contribution in [0, 0.1) is 6.92 Å². The minimum atomic E-state index is -3.72. The number of nitrogens with zero attached hydrogens (tertiary/aromatic N) is 3. The number of nitrogens with two attached hydrogens (primary N) is 1. The first-order chi connectivity index (χ1) is 9.31. The highest BCUT2D eigenvalue weighted by Crippen LogP contribution is 2.20. The largest absolute Gasteiger partial charge is 0.383 e. The van der Waals surface area contributed by atoms with Crippen LogP contribution in [-0.2, 0) is 23.6 Å². The van der Waals surface area contributed by atoms with Gasteiger partial charge in [-0.2, -0.15) is 5.10 Å². The van der Waals surface area contributed by atoms with Crippen molar-refractivity contribution < 1.29 is 8.42 Å². The lowest BCUT2D eigenvalue weighted by atomic mass is 10.3. The van der Waals surface area contributed by atoms with Crippen molar-refractivity contribution in [3.8, 4) is 0 Å². The third-order valence-electron chi connectivity index (χ3n) is 2.93. The summed E-state index contributed by atoms with van der Waals surface area (Å²) in [5, 5.41) is 4.06. The molecular weight excluding hydrogens is 346 g/mol. The van der Waals surface area contributed by atoms with Crippen molar-refractivity contribution in [1.82, 2.24) is 19.5 Å². The molecule has 0 atom stereocenters. The minimum Gasteiger partial charge on any atom is -0.383 e. The second kappa shape index (κ2) is 5.51. The number of halogens is 1. The lowest BCUT2D eigenvalue weighted by molar-refractivity contribution is 0.581. The molecule has 2 rings (SSSR count). The van der Waals surface area contributed by atoms with Gasteiger partial charge in [-0.3, -0.25) is 4.68 Å². The first-order valence-electron chi connectivity index (χ1n) is 5.69. The fraction of sp³-hybridized carbons (Fsp3) is 0.273. The molecule has 7 nitrogen and oxygen atoms in total. The van der Waals surface area contributed by atoms with Crippen molar-refractivity contribution in [2.75, 3.05) is 5.73 Å². The van der Waals surface area contributed by atoms with Crippen LogP contribution in [-0.4, -0.2) is 23.2 Å². The van der Waals surface area contributed by atoms with Gasteiger partial charge in [0, 0.05) is 35.5 Å². The third kappa shape index (κ3) is 3.00. The van der Waals surface area contributed by atoms with E-state index in [0.717, 1.165) is 11.3 Å². The molecule has 0 saturated heterocycles. The van der Waals surface area contributed by atoms with E-state index < -0.39 is 10.0 Å². The minimum absolute atomic E-state index is 0.0383. The van der Waals surface area contributed by atoms with E-state index in [-0.39, 0.29) is 17.3 Å². The SMILES string of the molecule is Cc1c(CNS(=O)(=O)c2cc(Br)cnc2N)cnn1C. The van der Waals surface area contributed by atoms with Crippen LogP contribution in [0.4, 0.5) is 5.82 Å². The first-order valence-corrected chi connectivity index (χ1v) is 7.97. The quantitative estimate of drug-likeness (QED) is 0.845. The molecule has 2 aromatic heterocycles. The molecule has 0 spiro atoms. The van der Waals surface area contributed by atoms with Gasteiger partial charge in [-0.1, -0.05) is 0 Å². The Hall–Kier alpha value is -1.45. The number of aryl methyl sites for hydroxylation is 1. The normalized spacial score (nSPS) is 11.8. The fourth-order valence-corrected chi connectivity index (χ4v) is 3.21. The molecule has 0 aliphatic heterocycles. The zero-order valence-electron chi connectivity index (χ0n) is 11.0. The second-order valence-electron chi connectivity index (χ2n) is 4.24. The van der Waals surface area contributed by atoms with Crippen molar-refractivity contribution in [2.24, 2.45) is 7.05 Å². The van der Waals surface area contributed by atoms with E-state index in [0.29, 0.717) is 4.47 Å². The van der Waals surface area contributed by atoms with E-state index in [2.05, 4.69) is 30.7 Å². The van der Waals surface area contributed by atoms with Crippen molar-refractivity contribution in [3.63, 3.8) is 0 Å². The average Bonchev–Trinajstić information content (AvgIpc) is 2.70. The van der Waals surface area contributed by atoms with Crippen LogP contribution in [0.25, 0.3) is 0 Å². The Labute approximate surface area is 125 Å². The van der Waals surface area contributed by atoms with Gasteiger partial charge in [-0.25, -0.2) is 18.1 Å². The van der Waals surface area contributed by atoms with Gasteiger partial charge in [-0.05, 0) is 28.9 Å². The van der Waals surface area contributed by atoms with E-state index in [4.69, 9.17) is 5.73 Å². The second-order valence-corrected chi connectivity index (χ2v) is 6.89. The molecular formula is C11H14BrN5O2S. The Kier molecular flexibility index (Phi) is 4.11. The van der Waals surface area contributed by atoms with Gasteiger partial charge in [0.1, 0.15) is 10.7 Å². The Morgan fingerprint density at radius 1 is 1.45 bits per heavy atom. The molecule has 20 heavy (non-hydrogen) atoms. The molecule has 2 heterocycles. The summed E-state index contributed by atoms with van der Waals surface area (Å²) >= 11 is 3.18. The highest BCUT2D eigenvalue weighted by molar-refractivity contribution is 9.10. The smallest absolute Gasteiger partial charge is 0.244 e. The highest BCUT2D eigenvalue weighted by Gasteiger charge is 2.19. The standard InChI is InChI=1S/C11H14BrN5O2S/c1-7-8(4-15-17(7)2)5-16-20(18,19)10-3-9(12)6-14-11(10)13/h3-4,6,16H,5H2,1-2H3,(H2,13,14). The van der Waals surface area contributed by atoms with Crippen LogP contribution < -0.4 is 10.5 Å². The van der Waals surface area contributed by atoms with Crippen molar-refractivity contribution in [3.05, 3.63) is 34.2 Å². The number of anilines is 1. The molecule has 3 N–H and O–H groups in total. The summed E-state index contributed by atoms with van der Waals surface area (Å²) in [6, 6.07) is 1.42. The summed E-state index contributed by atoms with van der Waals surface area (Å²) < 4.78 is 29.2. The van der Waals surface area contributed by atoms with Gasteiger partial charge in [0.05, 0.1) is 6.20 Å². The predicted octanol–water partition coefficient (Wildman–Crippen LogP) is 0.947. The summed E-state index contributed by atoms with van der Waals surface area (Å²) in [5.74, 6) is -0.0383. The van der Waals surface area contributed by atoms with Crippen molar-refractivity contribution >= 4 is 31.8 Å². The molecule has 0 unspecified atom stereocenters. The molecule has 0 fully saturated rings. The fourth-order valence-electron chi connectivity index (χ4n) is 1.61. The average molecular weight is 360 g/mol. The number of rotatable bonds is 4. The lowest BCUT2D eigenvalue weighted by Gasteiger charge is -2.08. The van der Waals surface area contributed by atoms with E-state index in [1.54, 1.807) is 17.9 Å². The zero-order valence-corrected chi connectivity index (χ0v) is 13.4. The molecule has 108 valence electrons. The Balaban J connectivity index is 2.24. The van der Waals surface area contributed by atoms with Crippen LogP contribution in [0.1, 0.15) is 11.3 Å². The molecule has 0 amide bonds. The lowest BCUT2D eigenvalue weighted by Crippen LogP contribution is -2.24. The molecule has 0 aromatic carbocycles. The predicted molar refractivity (Wildman–Crippen MR) is 78.3 cm³/mol. The Morgan fingerprint density at radius 3 is 2.75 bits per heavy atom. The van der Waals surface area contributed by atoms with Gasteiger partial charge in [0.25, 0.3) is 0 Å². The maximum absolute atomic E-state index is 12.2.